The van der Waals surface area contributed by atoms with Gasteiger partial charge in [0, 0.05) is 17.1 Å². The maximum absolute atomic E-state index is 11.5. The van der Waals surface area contributed by atoms with Crippen molar-refractivity contribution in [2.75, 3.05) is 16.8 Å². The van der Waals surface area contributed by atoms with E-state index in [9.17, 15) is 13.2 Å². The first-order valence-corrected chi connectivity index (χ1v) is 8.37. The molecule has 6 nitrogen and oxygen atoms in total. The molecular formula is C14H14N2O4S. The number of aromatic carboxylic acids is 1. The number of aromatic nitrogens is 1. The smallest absolute Gasteiger partial charge is 0.354 e. The van der Waals surface area contributed by atoms with E-state index in [0.29, 0.717) is 17.6 Å². The van der Waals surface area contributed by atoms with E-state index in [0.717, 1.165) is 5.39 Å². The molecule has 0 spiro atoms. The number of hydrogen-bond acceptors (Lipinski definition) is 5. The van der Waals surface area contributed by atoms with E-state index in [1.165, 1.54) is 6.07 Å². The monoisotopic (exact) mass is 306 g/mol. The molecule has 1 aromatic heterocycles. The van der Waals surface area contributed by atoms with Gasteiger partial charge in [-0.15, -0.1) is 0 Å². The van der Waals surface area contributed by atoms with Gasteiger partial charge in [-0.25, -0.2) is 18.2 Å². The first-order chi connectivity index (χ1) is 9.94. The second kappa shape index (κ2) is 5.00. The van der Waals surface area contributed by atoms with Gasteiger partial charge in [-0.05, 0) is 18.6 Å². The molecule has 0 amide bonds. The highest BCUT2D eigenvalue weighted by Gasteiger charge is 2.28. The SMILES string of the molecule is O=C(O)c1cc(NC2CCS(=O)(=O)C2)c2ccccc2n1. The Morgan fingerprint density at radius 1 is 1.33 bits per heavy atom. The van der Waals surface area contributed by atoms with Gasteiger partial charge in [0.2, 0.25) is 0 Å². The fourth-order valence-electron chi connectivity index (χ4n) is 2.53. The third-order valence-corrected chi connectivity index (χ3v) is 5.30. The van der Waals surface area contributed by atoms with E-state index < -0.39 is 15.8 Å². The van der Waals surface area contributed by atoms with Crippen molar-refractivity contribution in [3.05, 3.63) is 36.0 Å². The standard InChI is InChI=1S/C14H14N2O4S/c17-14(18)13-7-12(10-3-1-2-4-11(10)16-13)15-9-5-6-21(19,20)8-9/h1-4,7,9H,5-6,8H2,(H,15,16)(H,17,18). The lowest BCUT2D eigenvalue weighted by Crippen LogP contribution is -2.21. The summed E-state index contributed by atoms with van der Waals surface area (Å²) in [6, 6.07) is 8.45. The average Bonchev–Trinajstić information content (AvgIpc) is 2.77. The molecule has 7 heteroatoms. The quantitative estimate of drug-likeness (QED) is 0.892. The van der Waals surface area contributed by atoms with Crippen LogP contribution < -0.4 is 5.32 Å². The van der Waals surface area contributed by atoms with Gasteiger partial charge in [0.15, 0.2) is 15.5 Å². The maximum Gasteiger partial charge on any atom is 0.354 e. The number of anilines is 1. The molecule has 110 valence electrons. The molecule has 1 aliphatic rings. The van der Waals surface area contributed by atoms with Crippen molar-refractivity contribution in [3.63, 3.8) is 0 Å². The maximum atomic E-state index is 11.5. The van der Waals surface area contributed by atoms with Gasteiger partial charge in [-0.2, -0.15) is 0 Å². The molecular weight excluding hydrogens is 292 g/mol. The Morgan fingerprint density at radius 2 is 2.10 bits per heavy atom. The third kappa shape index (κ3) is 2.82. The molecule has 1 aliphatic heterocycles. The molecule has 1 unspecified atom stereocenters. The largest absolute Gasteiger partial charge is 0.477 e. The van der Waals surface area contributed by atoms with Crippen LogP contribution in [0.5, 0.6) is 0 Å². The van der Waals surface area contributed by atoms with Gasteiger partial charge < -0.3 is 10.4 Å². The lowest BCUT2D eigenvalue weighted by Gasteiger charge is -2.15. The lowest BCUT2D eigenvalue weighted by molar-refractivity contribution is 0.0691. The predicted octanol–water partition coefficient (Wildman–Crippen LogP) is 1.53. The van der Waals surface area contributed by atoms with E-state index in [-0.39, 0.29) is 23.2 Å². The van der Waals surface area contributed by atoms with Gasteiger partial charge in [0.05, 0.1) is 17.0 Å². The second-order valence-corrected chi connectivity index (χ2v) is 7.35. The Labute approximate surface area is 121 Å². The van der Waals surface area contributed by atoms with E-state index in [1.54, 1.807) is 12.1 Å². The summed E-state index contributed by atoms with van der Waals surface area (Å²) in [6.07, 6.45) is 0.529. The van der Waals surface area contributed by atoms with Crippen LogP contribution in [0.1, 0.15) is 16.9 Å². The van der Waals surface area contributed by atoms with Crippen LogP contribution in [0, 0.1) is 0 Å². The minimum atomic E-state index is -2.99. The Bertz CT molecular complexity index is 817. The van der Waals surface area contributed by atoms with Crippen LogP contribution in [0.4, 0.5) is 5.69 Å². The molecule has 0 aliphatic carbocycles. The minimum absolute atomic E-state index is 0.0583. The number of para-hydroxylation sites is 1. The number of carboxylic acids is 1. The van der Waals surface area contributed by atoms with Crippen LogP contribution in [0.2, 0.25) is 0 Å². The number of pyridine rings is 1. The Balaban J connectivity index is 2.02. The summed E-state index contributed by atoms with van der Waals surface area (Å²) in [5, 5.41) is 13.1. The third-order valence-electron chi connectivity index (χ3n) is 3.53. The highest BCUT2D eigenvalue weighted by molar-refractivity contribution is 7.91. The molecule has 0 radical (unpaired) electrons. The van der Waals surface area contributed by atoms with Crippen molar-refractivity contribution in [1.29, 1.82) is 0 Å². The van der Waals surface area contributed by atoms with Crippen LogP contribution in [0.25, 0.3) is 10.9 Å². The summed E-state index contributed by atoms with van der Waals surface area (Å²) in [5.41, 5.74) is 1.12. The summed E-state index contributed by atoms with van der Waals surface area (Å²) in [6.45, 7) is 0. The van der Waals surface area contributed by atoms with Crippen LogP contribution in [-0.2, 0) is 9.84 Å². The molecule has 2 heterocycles. The van der Waals surface area contributed by atoms with Crippen LogP contribution in [0.15, 0.2) is 30.3 Å². The molecule has 2 N–H and O–H groups in total. The summed E-state index contributed by atoms with van der Waals surface area (Å²) < 4.78 is 23.0. The molecule has 1 fully saturated rings. The molecule has 2 aromatic rings. The number of sulfone groups is 1. The normalized spacial score (nSPS) is 20.5. The topological polar surface area (TPSA) is 96.4 Å². The second-order valence-electron chi connectivity index (χ2n) is 5.12. The molecule has 1 saturated heterocycles. The van der Waals surface area contributed by atoms with Crippen molar-refractivity contribution >= 4 is 32.4 Å². The highest BCUT2D eigenvalue weighted by atomic mass is 32.2. The van der Waals surface area contributed by atoms with Crippen LogP contribution in [0.3, 0.4) is 0 Å². The molecule has 0 saturated carbocycles. The molecule has 1 atom stereocenters. The summed E-state index contributed by atoms with van der Waals surface area (Å²) in [5.74, 6) is -0.867. The highest BCUT2D eigenvalue weighted by Crippen LogP contribution is 2.26. The predicted molar refractivity (Wildman–Crippen MR) is 79.4 cm³/mol. The molecule has 0 bridgehead atoms. The van der Waals surface area contributed by atoms with Crippen LogP contribution in [-0.4, -0.2) is 42.0 Å². The zero-order chi connectivity index (χ0) is 15.0. The minimum Gasteiger partial charge on any atom is -0.477 e. The van der Waals surface area contributed by atoms with E-state index >= 15 is 0 Å². The number of rotatable bonds is 3. The first kappa shape index (κ1) is 13.8. The van der Waals surface area contributed by atoms with Crippen molar-refractivity contribution in [1.82, 2.24) is 4.98 Å². The average molecular weight is 306 g/mol. The van der Waals surface area contributed by atoms with Gasteiger partial charge in [0.25, 0.3) is 0 Å². The number of benzene rings is 1. The summed E-state index contributed by atoms with van der Waals surface area (Å²) in [7, 11) is -2.99. The fraction of sp³-hybridized carbons (Fsp3) is 0.286. The summed E-state index contributed by atoms with van der Waals surface area (Å²) in [4.78, 5) is 15.2. The Hall–Kier alpha value is -2.15. The summed E-state index contributed by atoms with van der Waals surface area (Å²) >= 11 is 0. The Morgan fingerprint density at radius 3 is 2.76 bits per heavy atom. The fourth-order valence-corrected chi connectivity index (χ4v) is 4.21. The van der Waals surface area contributed by atoms with Gasteiger partial charge >= 0.3 is 5.97 Å². The number of nitrogens with one attached hydrogen (secondary N) is 1. The first-order valence-electron chi connectivity index (χ1n) is 6.55. The molecule has 21 heavy (non-hydrogen) atoms. The number of carboxylic acid groups (broad SMARTS) is 1. The van der Waals surface area contributed by atoms with Crippen molar-refractivity contribution < 1.29 is 18.3 Å². The zero-order valence-corrected chi connectivity index (χ0v) is 11.9. The molecule has 1 aromatic carbocycles. The van der Waals surface area contributed by atoms with Gasteiger partial charge in [-0.1, -0.05) is 18.2 Å². The zero-order valence-electron chi connectivity index (χ0n) is 11.1. The van der Waals surface area contributed by atoms with Crippen molar-refractivity contribution in [2.45, 2.75) is 12.5 Å². The molecule has 3 rings (SSSR count). The lowest BCUT2D eigenvalue weighted by atomic mass is 10.1. The van der Waals surface area contributed by atoms with Crippen molar-refractivity contribution in [3.8, 4) is 0 Å². The van der Waals surface area contributed by atoms with E-state index in [2.05, 4.69) is 10.3 Å². The number of hydrogen-bond donors (Lipinski definition) is 2. The number of carbonyl (C=O) groups is 1. The number of fused-ring (bicyclic) bond motifs is 1. The van der Waals surface area contributed by atoms with Gasteiger partial charge in [-0.3, -0.25) is 0 Å². The van der Waals surface area contributed by atoms with E-state index in [1.807, 2.05) is 12.1 Å². The van der Waals surface area contributed by atoms with E-state index in [4.69, 9.17) is 5.11 Å². The van der Waals surface area contributed by atoms with Gasteiger partial charge in [0.1, 0.15) is 0 Å². The number of nitrogens with zero attached hydrogens (tertiary/aromatic N) is 1. The van der Waals surface area contributed by atoms with Crippen LogP contribution >= 0.6 is 0 Å². The van der Waals surface area contributed by atoms with Crippen molar-refractivity contribution in [2.24, 2.45) is 0 Å². The Kier molecular flexibility index (Phi) is 3.29.